The molecule has 1 atom stereocenters. The molecule has 1 aromatic heterocycles. The van der Waals surface area contributed by atoms with E-state index in [1.54, 1.807) is 6.92 Å². The van der Waals surface area contributed by atoms with E-state index in [1.165, 1.54) is 10.8 Å². The number of aliphatic hydroxyl groups excluding tert-OH is 1. The topological polar surface area (TPSA) is 78.4 Å². The molecule has 1 aromatic rings. The molecular weight excluding hydrogens is 210 g/mol. The quantitative estimate of drug-likeness (QED) is 0.575. The maximum Gasteiger partial charge on any atom is 0.388 e. The first-order valence-electron chi connectivity index (χ1n) is 3.98. The molecule has 0 aliphatic heterocycles. The molecule has 0 radical (unpaired) electrons. The van der Waals surface area contributed by atoms with Crippen molar-refractivity contribution in [1.29, 1.82) is 0 Å². The summed E-state index contributed by atoms with van der Waals surface area (Å²) >= 11 is 5.42. The lowest BCUT2D eigenvalue weighted by atomic mass is 10.4. The van der Waals surface area contributed by atoms with Crippen molar-refractivity contribution < 1.29 is 15.2 Å². The Morgan fingerprint density at radius 3 is 2.93 bits per heavy atom. The van der Waals surface area contributed by atoms with E-state index >= 15 is 0 Å². The molecule has 2 N–H and O–H groups in total. The van der Waals surface area contributed by atoms with E-state index in [1.807, 2.05) is 0 Å². The molecule has 1 heterocycles. The summed E-state index contributed by atoms with van der Waals surface area (Å²) in [6.07, 6.45) is 0.451. The van der Waals surface area contributed by atoms with Gasteiger partial charge in [-0.25, -0.2) is 9.55 Å². The fourth-order valence-corrected chi connectivity index (χ4v) is 1.19. The lowest BCUT2D eigenvalue weighted by molar-refractivity contribution is -0.733. The second kappa shape index (κ2) is 4.39. The van der Waals surface area contributed by atoms with Crippen molar-refractivity contribution in [3.63, 3.8) is 0 Å². The van der Waals surface area contributed by atoms with Gasteiger partial charge in [-0.1, -0.05) is 0 Å². The Morgan fingerprint density at radius 2 is 2.43 bits per heavy atom. The number of rotatable bonds is 4. The highest BCUT2D eigenvalue weighted by molar-refractivity contribution is 6.18. The van der Waals surface area contributed by atoms with E-state index < -0.39 is 6.10 Å². The van der Waals surface area contributed by atoms with Crippen molar-refractivity contribution in [2.45, 2.75) is 19.6 Å². The monoisotopic (exact) mass is 220 g/mol. The zero-order chi connectivity index (χ0) is 10.7. The van der Waals surface area contributed by atoms with Crippen LogP contribution in [0.1, 0.15) is 5.82 Å². The number of aryl methyl sites for hydroxylation is 1. The molecule has 0 amide bonds. The normalized spacial score (nSPS) is 12.8. The summed E-state index contributed by atoms with van der Waals surface area (Å²) in [4.78, 5) is 14.2. The number of nitrogens with zero attached hydrogens (tertiary/aromatic N) is 3. The molecule has 6 nitrogen and oxygen atoms in total. The van der Waals surface area contributed by atoms with E-state index in [9.17, 15) is 10.0 Å². The van der Waals surface area contributed by atoms with Gasteiger partial charge in [0.1, 0.15) is 18.8 Å². The summed E-state index contributed by atoms with van der Waals surface area (Å²) in [5, 5.41) is 18.0. The third-order valence-corrected chi connectivity index (χ3v) is 2.16. The lowest BCUT2D eigenvalue weighted by Crippen LogP contribution is -2.19. The molecule has 0 aromatic carbocycles. The molecule has 0 saturated heterocycles. The van der Waals surface area contributed by atoms with Crippen molar-refractivity contribution in [3.05, 3.63) is 16.9 Å². The van der Waals surface area contributed by atoms with Crippen LogP contribution in [0.3, 0.4) is 0 Å². The van der Waals surface area contributed by atoms with E-state index in [0.717, 1.165) is 0 Å². The molecule has 0 fully saturated rings. The minimum absolute atomic E-state index is 0.0216. The van der Waals surface area contributed by atoms with E-state index in [0.29, 0.717) is 5.82 Å². The van der Waals surface area contributed by atoms with Gasteiger partial charge in [0.2, 0.25) is 0 Å². The van der Waals surface area contributed by atoms with Crippen molar-refractivity contribution in [3.8, 4) is 0 Å². The van der Waals surface area contributed by atoms with E-state index in [4.69, 9.17) is 16.8 Å². The Hall–Kier alpha value is -1.14. The fourth-order valence-electron chi connectivity index (χ4n) is 1.09. The molecule has 78 valence electrons. The predicted molar refractivity (Wildman–Crippen MR) is 48.8 cm³/mol. The first-order valence-corrected chi connectivity index (χ1v) is 4.52. The Labute approximate surface area is 85.3 Å². The van der Waals surface area contributed by atoms with Crippen LogP contribution in [0, 0.1) is 11.8 Å². The van der Waals surface area contributed by atoms with Gasteiger partial charge in [-0.05, 0) is 4.91 Å². The van der Waals surface area contributed by atoms with Gasteiger partial charge in [0.05, 0.1) is 5.88 Å². The number of imidazole rings is 1. The number of hydrogen-bond acceptors (Lipinski definition) is 3. The van der Waals surface area contributed by atoms with Gasteiger partial charge in [-0.2, -0.15) is 0 Å². The minimum atomic E-state index is -0.775. The van der Waals surface area contributed by atoms with Crippen LogP contribution in [-0.2, 0) is 6.54 Å². The van der Waals surface area contributed by atoms with Crippen LogP contribution >= 0.6 is 11.6 Å². The summed E-state index contributed by atoms with van der Waals surface area (Å²) in [5.41, 5.74) is 0. The van der Waals surface area contributed by atoms with Crippen LogP contribution in [0.25, 0.3) is 0 Å². The molecule has 0 unspecified atom stereocenters. The Balaban J connectivity index is 2.93. The second-order valence-electron chi connectivity index (χ2n) is 2.86. The lowest BCUT2D eigenvalue weighted by Gasteiger charge is -2.04. The van der Waals surface area contributed by atoms with Gasteiger partial charge in [-0.15, -0.1) is 11.6 Å². The van der Waals surface area contributed by atoms with Gasteiger partial charge in [0.15, 0.2) is 10.7 Å². The number of hydrogen-bond donors (Lipinski definition) is 2. The molecule has 7 heteroatoms. The number of alkyl halides is 1. The summed E-state index contributed by atoms with van der Waals surface area (Å²) in [7, 11) is 0. The summed E-state index contributed by atoms with van der Waals surface area (Å²) in [5.74, 6) is 0.562. The molecule has 0 saturated carbocycles. The zero-order valence-electron chi connectivity index (χ0n) is 7.59. The van der Waals surface area contributed by atoms with Gasteiger partial charge in [0, 0.05) is 6.92 Å². The maximum absolute atomic E-state index is 10.6. The molecule has 0 spiro atoms. The summed E-state index contributed by atoms with van der Waals surface area (Å²) in [6, 6.07) is 0. The zero-order valence-corrected chi connectivity index (χ0v) is 8.35. The Kier molecular flexibility index (Phi) is 3.43. The van der Waals surface area contributed by atoms with Crippen molar-refractivity contribution >= 4 is 17.4 Å². The first kappa shape index (κ1) is 10.9. The van der Waals surface area contributed by atoms with Crippen molar-refractivity contribution in [2.75, 3.05) is 5.88 Å². The summed E-state index contributed by atoms with van der Waals surface area (Å²) in [6.45, 7) is 1.79. The van der Waals surface area contributed by atoms with Crippen molar-refractivity contribution in [2.24, 2.45) is 0 Å². The van der Waals surface area contributed by atoms with Gasteiger partial charge in [-0.3, -0.25) is 0 Å². The highest BCUT2D eigenvalue weighted by Crippen LogP contribution is 2.13. The molecule has 0 aliphatic carbocycles. The first-order chi connectivity index (χ1) is 6.56. The van der Waals surface area contributed by atoms with Gasteiger partial charge in [0.25, 0.3) is 0 Å². The van der Waals surface area contributed by atoms with Crippen LogP contribution in [0.5, 0.6) is 0 Å². The second-order valence-corrected chi connectivity index (χ2v) is 3.16. The smallest absolute Gasteiger partial charge is 0.388 e. The molecule has 0 bridgehead atoms. The van der Waals surface area contributed by atoms with Crippen LogP contribution in [0.4, 0.5) is 5.82 Å². The number of halogens is 1. The van der Waals surface area contributed by atoms with Crippen LogP contribution in [0.2, 0.25) is 0 Å². The van der Waals surface area contributed by atoms with E-state index in [2.05, 4.69) is 4.98 Å². The standard InChI is InChI=1S/C7H11ClN3O3/c1-5-9-3-7(11(13)14)10(5)4-6(12)2-8/h3,6,12H,2,4H2,1H3,(H,13,14)/q+1/t6-/m1/s1. The summed E-state index contributed by atoms with van der Waals surface area (Å²) < 4.78 is 1.39. The molecule has 0 aliphatic rings. The van der Waals surface area contributed by atoms with Gasteiger partial charge < -0.3 is 10.3 Å². The van der Waals surface area contributed by atoms with Crippen LogP contribution < -0.4 is 0 Å². The highest BCUT2D eigenvalue weighted by Gasteiger charge is 2.22. The van der Waals surface area contributed by atoms with E-state index in [-0.39, 0.29) is 23.2 Å². The minimum Gasteiger partial charge on any atom is -0.388 e. The number of aromatic nitrogens is 2. The molecular formula is C7H11ClN3O3+. The predicted octanol–water partition coefficient (Wildman–Crippen LogP) is 0.591. The van der Waals surface area contributed by atoms with Gasteiger partial charge >= 0.3 is 5.82 Å². The van der Waals surface area contributed by atoms with Crippen LogP contribution in [0.15, 0.2) is 6.20 Å². The average Bonchev–Trinajstić information content (AvgIpc) is 2.48. The average molecular weight is 221 g/mol. The van der Waals surface area contributed by atoms with Crippen molar-refractivity contribution in [1.82, 2.24) is 9.55 Å². The Morgan fingerprint density at radius 1 is 1.79 bits per heavy atom. The maximum atomic E-state index is 10.6. The SMILES string of the molecule is Cc1ncc([N+](=O)O)n1C[C@H](O)CCl. The fraction of sp³-hybridized carbons (Fsp3) is 0.571. The largest absolute Gasteiger partial charge is 0.388 e. The van der Waals surface area contributed by atoms with Crippen LogP contribution in [-0.4, -0.2) is 36.8 Å². The highest BCUT2D eigenvalue weighted by atomic mass is 35.5. The molecule has 14 heavy (non-hydrogen) atoms. The molecule has 1 rings (SSSR count). The third kappa shape index (κ3) is 2.21. The number of aliphatic hydroxyl groups is 1. The Bertz CT molecular complexity index is 339. The third-order valence-electron chi connectivity index (χ3n) is 1.80.